The summed E-state index contributed by atoms with van der Waals surface area (Å²) in [7, 11) is 0. The van der Waals surface area contributed by atoms with E-state index in [1.165, 1.54) is 12.8 Å². The lowest BCUT2D eigenvalue weighted by Crippen LogP contribution is -2.23. The van der Waals surface area contributed by atoms with Gasteiger partial charge >= 0.3 is 0 Å². The molecule has 2 aromatic heterocycles. The second kappa shape index (κ2) is 7.92. The fourth-order valence-electron chi connectivity index (χ4n) is 5.60. The molecule has 2 aliphatic heterocycles. The number of aromatic nitrogens is 4. The van der Waals surface area contributed by atoms with E-state index in [-0.39, 0.29) is 11.5 Å². The topological polar surface area (TPSA) is 85.3 Å². The average molecular weight is 436 g/mol. The maximum Gasteiger partial charge on any atom is 0.262 e. The number of hydrogen-bond acceptors (Lipinski definition) is 6. The van der Waals surface area contributed by atoms with Crippen molar-refractivity contribution < 1.29 is 9.47 Å². The largest absolute Gasteiger partial charge is 0.486 e. The van der Waals surface area contributed by atoms with Crippen molar-refractivity contribution in [2.45, 2.75) is 51.1 Å². The molecule has 0 unspecified atom stereocenters. The van der Waals surface area contributed by atoms with Crippen LogP contribution in [-0.2, 0) is 6.54 Å². The number of aromatic amines is 1. The molecular formula is C24H29N5O3. The third-order valence-electron chi connectivity index (χ3n) is 7.23. The van der Waals surface area contributed by atoms with Crippen LogP contribution in [0, 0.1) is 5.92 Å². The first-order valence-electron chi connectivity index (χ1n) is 11.7. The Kier molecular flexibility index (Phi) is 4.90. The number of likely N-dealkylation sites (tertiary alicyclic amines) is 1. The number of para-hydroxylation sites is 1. The molecule has 1 aliphatic carbocycles. The van der Waals surface area contributed by atoms with Crippen LogP contribution in [0.4, 0.5) is 0 Å². The van der Waals surface area contributed by atoms with E-state index in [0.29, 0.717) is 30.6 Å². The molecule has 3 aliphatic rings. The molecular weight excluding hydrogens is 406 g/mol. The van der Waals surface area contributed by atoms with Gasteiger partial charge in [0.25, 0.3) is 5.56 Å². The predicted molar refractivity (Wildman–Crippen MR) is 120 cm³/mol. The Hall–Kier alpha value is -2.87. The number of fused-ring (bicyclic) bond motifs is 2. The number of H-pyrrole nitrogens is 1. The minimum Gasteiger partial charge on any atom is -0.486 e. The highest BCUT2D eigenvalue weighted by atomic mass is 16.6. The van der Waals surface area contributed by atoms with Crippen LogP contribution in [0.15, 0.2) is 29.2 Å². The Morgan fingerprint density at radius 2 is 2.00 bits per heavy atom. The van der Waals surface area contributed by atoms with Crippen molar-refractivity contribution in [3.63, 3.8) is 0 Å². The molecule has 8 nitrogen and oxygen atoms in total. The Balaban J connectivity index is 1.27. The molecule has 1 aromatic carbocycles. The number of ether oxygens (including phenoxy) is 2. The van der Waals surface area contributed by atoms with Crippen molar-refractivity contribution in [2.75, 3.05) is 26.3 Å². The Morgan fingerprint density at radius 1 is 1.16 bits per heavy atom. The second-order valence-electron chi connectivity index (χ2n) is 9.44. The van der Waals surface area contributed by atoms with Crippen LogP contribution in [0.3, 0.4) is 0 Å². The number of rotatable bonds is 4. The molecule has 168 valence electrons. The summed E-state index contributed by atoms with van der Waals surface area (Å²) in [5.74, 6) is 3.04. The van der Waals surface area contributed by atoms with Crippen LogP contribution < -0.4 is 15.0 Å². The zero-order chi connectivity index (χ0) is 21.7. The summed E-state index contributed by atoms with van der Waals surface area (Å²) in [6.07, 6.45) is 6.33. The van der Waals surface area contributed by atoms with Gasteiger partial charge in [-0.15, -0.1) is 0 Å². The smallest absolute Gasteiger partial charge is 0.262 e. The number of nitrogens with zero attached hydrogens (tertiary/aromatic N) is 4. The zero-order valence-electron chi connectivity index (χ0n) is 18.4. The first-order valence-corrected chi connectivity index (χ1v) is 11.7. The molecule has 2 fully saturated rings. The maximum absolute atomic E-state index is 12.8. The predicted octanol–water partition coefficient (Wildman–Crippen LogP) is 3.24. The van der Waals surface area contributed by atoms with Crippen LogP contribution in [0.25, 0.3) is 11.0 Å². The van der Waals surface area contributed by atoms with Gasteiger partial charge in [-0.2, -0.15) is 5.10 Å². The SMILES string of the molecule is C[C@@H]1CN(Cc2cccc3c2OCCO3)C[C@H]1c1nc2c(cnn2C2CCCC2)c(=O)[nH]1. The Morgan fingerprint density at radius 3 is 2.88 bits per heavy atom. The zero-order valence-corrected chi connectivity index (χ0v) is 18.4. The summed E-state index contributed by atoms with van der Waals surface area (Å²) in [6.45, 7) is 6.00. The van der Waals surface area contributed by atoms with Gasteiger partial charge in [-0.3, -0.25) is 9.69 Å². The highest BCUT2D eigenvalue weighted by molar-refractivity contribution is 5.73. The van der Waals surface area contributed by atoms with E-state index in [2.05, 4.69) is 28.0 Å². The molecule has 0 amide bonds. The van der Waals surface area contributed by atoms with Gasteiger partial charge in [-0.1, -0.05) is 31.9 Å². The van der Waals surface area contributed by atoms with Crippen LogP contribution in [0.2, 0.25) is 0 Å². The summed E-state index contributed by atoms with van der Waals surface area (Å²) >= 11 is 0. The van der Waals surface area contributed by atoms with E-state index < -0.39 is 0 Å². The number of hydrogen-bond donors (Lipinski definition) is 1. The van der Waals surface area contributed by atoms with Crippen molar-refractivity contribution in [3.8, 4) is 11.5 Å². The van der Waals surface area contributed by atoms with Gasteiger partial charge in [0.15, 0.2) is 17.1 Å². The van der Waals surface area contributed by atoms with E-state index in [0.717, 1.165) is 61.0 Å². The molecule has 0 radical (unpaired) electrons. The number of benzene rings is 1. The van der Waals surface area contributed by atoms with Crippen LogP contribution >= 0.6 is 0 Å². The molecule has 2 atom stereocenters. The summed E-state index contributed by atoms with van der Waals surface area (Å²) in [6, 6.07) is 6.46. The fourth-order valence-corrected chi connectivity index (χ4v) is 5.60. The van der Waals surface area contributed by atoms with Gasteiger partial charge in [-0.05, 0) is 24.8 Å². The molecule has 1 saturated carbocycles. The minimum absolute atomic E-state index is 0.0809. The first-order chi connectivity index (χ1) is 15.7. The quantitative estimate of drug-likeness (QED) is 0.677. The third-order valence-corrected chi connectivity index (χ3v) is 7.23. The van der Waals surface area contributed by atoms with Gasteiger partial charge in [0.05, 0.1) is 12.2 Å². The molecule has 8 heteroatoms. The summed E-state index contributed by atoms with van der Waals surface area (Å²) in [4.78, 5) is 23.3. The summed E-state index contributed by atoms with van der Waals surface area (Å²) in [5, 5.41) is 5.13. The normalized spacial score (nSPS) is 23.9. The molecule has 32 heavy (non-hydrogen) atoms. The lowest BCUT2D eigenvalue weighted by molar-refractivity contribution is 0.167. The highest BCUT2D eigenvalue weighted by Crippen LogP contribution is 2.37. The van der Waals surface area contributed by atoms with Gasteiger partial charge in [-0.25, -0.2) is 9.67 Å². The lowest BCUT2D eigenvalue weighted by Gasteiger charge is -2.23. The van der Waals surface area contributed by atoms with Crippen LogP contribution in [-0.4, -0.2) is 51.0 Å². The Bertz CT molecular complexity index is 1200. The fraction of sp³-hybridized carbons (Fsp3) is 0.542. The van der Waals surface area contributed by atoms with Gasteiger partial charge in [0, 0.05) is 31.1 Å². The van der Waals surface area contributed by atoms with E-state index >= 15 is 0 Å². The van der Waals surface area contributed by atoms with Gasteiger partial charge in [0.2, 0.25) is 0 Å². The highest BCUT2D eigenvalue weighted by Gasteiger charge is 2.34. The summed E-state index contributed by atoms with van der Waals surface area (Å²) < 4.78 is 13.6. The third kappa shape index (κ3) is 3.37. The van der Waals surface area contributed by atoms with E-state index in [1.54, 1.807) is 6.20 Å². The Labute approximate surface area is 186 Å². The van der Waals surface area contributed by atoms with Crippen molar-refractivity contribution in [2.24, 2.45) is 5.92 Å². The van der Waals surface area contributed by atoms with E-state index in [4.69, 9.17) is 14.5 Å². The van der Waals surface area contributed by atoms with Crippen molar-refractivity contribution in [1.29, 1.82) is 0 Å². The van der Waals surface area contributed by atoms with E-state index in [1.807, 2.05) is 16.8 Å². The second-order valence-corrected chi connectivity index (χ2v) is 9.44. The van der Waals surface area contributed by atoms with Gasteiger partial charge in [0.1, 0.15) is 24.4 Å². The standard InChI is InChI=1S/C24H29N5O3/c1-15-12-28(13-16-5-4-8-20-21(16)32-10-9-31-20)14-19(15)22-26-23-18(24(30)27-22)11-25-29(23)17-6-2-3-7-17/h4-5,8,11,15,17,19H,2-3,6-7,9-10,12-14H2,1H3,(H,26,27,30)/t15-,19-/m1/s1. The van der Waals surface area contributed by atoms with Crippen LogP contribution in [0.1, 0.15) is 56.0 Å². The molecule has 1 saturated heterocycles. The number of nitrogens with one attached hydrogen (secondary N) is 1. The van der Waals surface area contributed by atoms with E-state index in [9.17, 15) is 4.79 Å². The monoisotopic (exact) mass is 435 g/mol. The maximum atomic E-state index is 12.8. The lowest BCUT2D eigenvalue weighted by atomic mass is 9.97. The molecule has 0 spiro atoms. The van der Waals surface area contributed by atoms with Gasteiger partial charge < -0.3 is 14.5 Å². The van der Waals surface area contributed by atoms with Crippen LogP contribution in [0.5, 0.6) is 11.5 Å². The van der Waals surface area contributed by atoms with Crippen molar-refractivity contribution in [3.05, 3.63) is 46.1 Å². The molecule has 6 rings (SSSR count). The first kappa shape index (κ1) is 19.8. The molecule has 1 N–H and O–H groups in total. The minimum atomic E-state index is -0.0809. The molecule has 3 aromatic rings. The summed E-state index contributed by atoms with van der Waals surface area (Å²) in [5.41, 5.74) is 1.80. The molecule has 0 bridgehead atoms. The molecule has 4 heterocycles. The average Bonchev–Trinajstić information content (AvgIpc) is 3.54. The van der Waals surface area contributed by atoms with Crippen molar-refractivity contribution in [1.82, 2.24) is 24.6 Å². The van der Waals surface area contributed by atoms with Crippen molar-refractivity contribution >= 4 is 11.0 Å².